The van der Waals surface area contributed by atoms with Crippen LogP contribution in [-0.2, 0) is 5.75 Å². The average molecular weight is 462 g/mol. The van der Waals surface area contributed by atoms with Crippen LogP contribution >= 0.6 is 11.8 Å². The Balaban J connectivity index is 1.61. The summed E-state index contributed by atoms with van der Waals surface area (Å²) < 4.78 is 16.4. The van der Waals surface area contributed by atoms with Crippen molar-refractivity contribution in [1.82, 2.24) is 25.1 Å². The second-order valence-electron chi connectivity index (χ2n) is 7.92. The van der Waals surface area contributed by atoms with Gasteiger partial charge in [-0.3, -0.25) is 14.3 Å². The van der Waals surface area contributed by atoms with Gasteiger partial charge < -0.3 is 5.32 Å². The molecule has 6 nitrogen and oxygen atoms in total. The van der Waals surface area contributed by atoms with Crippen LogP contribution in [0.2, 0.25) is 0 Å². The number of carbonyl (C=O) groups excluding carboxylic acids is 1. The molecule has 0 bridgehead atoms. The van der Waals surface area contributed by atoms with Crippen molar-refractivity contribution in [3.8, 4) is 17.1 Å². The van der Waals surface area contributed by atoms with Gasteiger partial charge in [-0.1, -0.05) is 49.9 Å². The highest BCUT2D eigenvalue weighted by Gasteiger charge is 2.19. The number of nitrogens with zero attached hydrogens (tertiary/aromatic N) is 4. The number of carbonyl (C=O) groups is 1. The molecule has 33 heavy (non-hydrogen) atoms. The van der Waals surface area contributed by atoms with Crippen molar-refractivity contribution in [2.24, 2.45) is 5.92 Å². The minimum absolute atomic E-state index is 0.0925. The Morgan fingerprint density at radius 1 is 1.06 bits per heavy atom. The van der Waals surface area contributed by atoms with Gasteiger partial charge in [0.25, 0.3) is 5.91 Å². The smallest absolute Gasteiger partial charge is 0.251 e. The number of thioether (sulfide) groups is 1. The zero-order valence-corrected chi connectivity index (χ0v) is 19.2. The standard InChI is InChI=1S/C25H24FN5OS/c1-17(2)15-28-24(32)20-7-5-6-18(14-20)16-33-25-30-29-23(19-10-12-27-13-11-19)31(25)22-9-4-3-8-21(22)26/h3-14,17H,15-16H2,1-2H3,(H,28,32). The van der Waals surface area contributed by atoms with E-state index in [1.807, 2.05) is 30.3 Å². The van der Waals surface area contributed by atoms with Crippen LogP contribution in [0.1, 0.15) is 29.8 Å². The van der Waals surface area contributed by atoms with Gasteiger partial charge in [0.2, 0.25) is 0 Å². The first-order chi connectivity index (χ1) is 16.0. The molecule has 1 amide bonds. The van der Waals surface area contributed by atoms with Gasteiger partial charge in [-0.2, -0.15) is 0 Å². The summed E-state index contributed by atoms with van der Waals surface area (Å²) in [7, 11) is 0. The molecule has 0 atom stereocenters. The highest BCUT2D eigenvalue weighted by Crippen LogP contribution is 2.30. The summed E-state index contributed by atoms with van der Waals surface area (Å²) in [6, 6.07) is 17.7. The summed E-state index contributed by atoms with van der Waals surface area (Å²) in [6.07, 6.45) is 3.33. The Morgan fingerprint density at radius 3 is 2.61 bits per heavy atom. The van der Waals surface area contributed by atoms with Crippen molar-refractivity contribution < 1.29 is 9.18 Å². The first kappa shape index (κ1) is 22.7. The number of nitrogens with one attached hydrogen (secondary N) is 1. The topological polar surface area (TPSA) is 72.7 Å². The second kappa shape index (κ2) is 10.4. The van der Waals surface area contributed by atoms with E-state index in [4.69, 9.17) is 0 Å². The number of para-hydroxylation sites is 1. The molecule has 2 aromatic heterocycles. The van der Waals surface area contributed by atoms with Gasteiger partial charge in [-0.15, -0.1) is 10.2 Å². The summed E-state index contributed by atoms with van der Waals surface area (Å²) in [5, 5.41) is 12.2. The minimum atomic E-state index is -0.363. The van der Waals surface area contributed by atoms with Crippen molar-refractivity contribution in [3.05, 3.63) is 90.0 Å². The fourth-order valence-electron chi connectivity index (χ4n) is 3.25. The normalized spacial score (nSPS) is 11.0. The highest BCUT2D eigenvalue weighted by atomic mass is 32.2. The summed E-state index contributed by atoms with van der Waals surface area (Å²) in [5.74, 6) is 1.01. The van der Waals surface area contributed by atoms with Crippen molar-refractivity contribution in [1.29, 1.82) is 0 Å². The van der Waals surface area contributed by atoms with Crippen LogP contribution in [0, 0.1) is 11.7 Å². The molecule has 4 rings (SSSR count). The third kappa shape index (κ3) is 5.46. The number of halogens is 1. The second-order valence-corrected chi connectivity index (χ2v) is 8.86. The molecule has 0 aliphatic carbocycles. The Labute approximate surface area is 196 Å². The average Bonchev–Trinajstić information content (AvgIpc) is 3.26. The molecular weight excluding hydrogens is 437 g/mol. The molecular formula is C25H24FN5OS. The molecule has 0 saturated carbocycles. The van der Waals surface area contributed by atoms with Gasteiger partial charge in [0.05, 0.1) is 5.69 Å². The molecule has 0 saturated heterocycles. The third-order valence-electron chi connectivity index (χ3n) is 4.89. The quantitative estimate of drug-likeness (QED) is 0.368. The lowest BCUT2D eigenvalue weighted by atomic mass is 10.1. The molecule has 4 aromatic rings. The molecule has 0 aliphatic rings. The predicted molar refractivity (Wildman–Crippen MR) is 128 cm³/mol. The number of rotatable bonds is 8. The molecule has 0 unspecified atom stereocenters. The molecule has 0 aliphatic heterocycles. The first-order valence-electron chi connectivity index (χ1n) is 10.6. The molecule has 168 valence electrons. The van der Waals surface area contributed by atoms with Gasteiger partial charge in [-0.25, -0.2) is 4.39 Å². The van der Waals surface area contributed by atoms with Gasteiger partial charge in [0.1, 0.15) is 5.82 Å². The van der Waals surface area contributed by atoms with Crippen molar-refractivity contribution in [3.63, 3.8) is 0 Å². The molecule has 0 radical (unpaired) electrons. The lowest BCUT2D eigenvalue weighted by molar-refractivity contribution is 0.0949. The Bertz CT molecular complexity index is 1240. The SMILES string of the molecule is CC(C)CNC(=O)c1cccc(CSc2nnc(-c3ccncc3)n2-c2ccccc2F)c1. The van der Waals surface area contributed by atoms with Crippen LogP contribution in [0.3, 0.4) is 0 Å². The van der Waals surface area contributed by atoms with Crippen LogP contribution in [-0.4, -0.2) is 32.2 Å². The van der Waals surface area contributed by atoms with Crippen molar-refractivity contribution in [2.75, 3.05) is 6.54 Å². The van der Waals surface area contributed by atoms with Crippen molar-refractivity contribution in [2.45, 2.75) is 24.8 Å². The molecule has 1 N–H and O–H groups in total. The highest BCUT2D eigenvalue weighted by molar-refractivity contribution is 7.98. The zero-order chi connectivity index (χ0) is 23.2. The van der Waals surface area contributed by atoms with E-state index >= 15 is 0 Å². The monoisotopic (exact) mass is 461 g/mol. The zero-order valence-electron chi connectivity index (χ0n) is 18.4. The third-order valence-corrected chi connectivity index (χ3v) is 5.89. The largest absolute Gasteiger partial charge is 0.352 e. The number of benzene rings is 2. The van der Waals surface area contributed by atoms with Crippen LogP contribution in [0.4, 0.5) is 4.39 Å². The fraction of sp³-hybridized carbons (Fsp3) is 0.200. The molecule has 0 fully saturated rings. The molecule has 8 heteroatoms. The first-order valence-corrected chi connectivity index (χ1v) is 11.6. The number of pyridine rings is 1. The lowest BCUT2D eigenvalue weighted by Gasteiger charge is -2.11. The van der Waals surface area contributed by atoms with E-state index in [0.29, 0.717) is 40.4 Å². The van der Waals surface area contributed by atoms with E-state index in [0.717, 1.165) is 11.1 Å². The summed E-state index contributed by atoms with van der Waals surface area (Å²) >= 11 is 1.43. The predicted octanol–water partition coefficient (Wildman–Crippen LogP) is 5.15. The van der Waals surface area contributed by atoms with E-state index in [9.17, 15) is 9.18 Å². The number of aromatic nitrogens is 4. The Morgan fingerprint density at radius 2 is 1.85 bits per heavy atom. The summed E-state index contributed by atoms with van der Waals surface area (Å²) in [5.41, 5.74) is 2.74. The Kier molecular flexibility index (Phi) is 7.14. The van der Waals surface area contributed by atoms with E-state index < -0.39 is 0 Å². The number of amides is 1. The lowest BCUT2D eigenvalue weighted by Crippen LogP contribution is -2.27. The van der Waals surface area contributed by atoms with E-state index in [2.05, 4.69) is 34.3 Å². The number of hydrogen-bond acceptors (Lipinski definition) is 5. The van der Waals surface area contributed by atoms with Crippen LogP contribution in [0.15, 0.2) is 78.2 Å². The maximum atomic E-state index is 14.7. The minimum Gasteiger partial charge on any atom is -0.352 e. The van der Waals surface area contributed by atoms with Crippen LogP contribution < -0.4 is 5.32 Å². The van der Waals surface area contributed by atoms with Crippen LogP contribution in [0.5, 0.6) is 0 Å². The summed E-state index contributed by atoms with van der Waals surface area (Å²) in [6.45, 7) is 4.74. The van der Waals surface area contributed by atoms with Gasteiger partial charge >= 0.3 is 0 Å². The maximum Gasteiger partial charge on any atom is 0.251 e. The Hall–Kier alpha value is -3.52. The molecule has 2 heterocycles. The van der Waals surface area contributed by atoms with E-state index in [-0.39, 0.29) is 11.7 Å². The molecule has 0 spiro atoms. The van der Waals surface area contributed by atoms with E-state index in [1.54, 1.807) is 41.2 Å². The van der Waals surface area contributed by atoms with Gasteiger partial charge in [-0.05, 0) is 47.9 Å². The van der Waals surface area contributed by atoms with Crippen LogP contribution in [0.25, 0.3) is 17.1 Å². The summed E-state index contributed by atoms with van der Waals surface area (Å²) in [4.78, 5) is 16.5. The fourth-order valence-corrected chi connectivity index (χ4v) is 4.14. The van der Waals surface area contributed by atoms with Gasteiger partial charge in [0.15, 0.2) is 11.0 Å². The maximum absolute atomic E-state index is 14.7. The van der Waals surface area contributed by atoms with Gasteiger partial charge in [0, 0.05) is 35.8 Å². The van der Waals surface area contributed by atoms with E-state index in [1.165, 1.54) is 17.8 Å². The number of hydrogen-bond donors (Lipinski definition) is 1. The molecule has 2 aromatic carbocycles. The van der Waals surface area contributed by atoms with Crippen molar-refractivity contribution >= 4 is 17.7 Å².